The molecule has 22 heavy (non-hydrogen) atoms. The van der Waals surface area contributed by atoms with Crippen molar-refractivity contribution in [1.29, 1.82) is 0 Å². The van der Waals surface area contributed by atoms with Crippen LogP contribution < -0.4 is 15.5 Å². The number of aryl methyl sites for hydroxylation is 1. The summed E-state index contributed by atoms with van der Waals surface area (Å²) in [7, 11) is 0. The highest BCUT2D eigenvalue weighted by Crippen LogP contribution is 2.44. The molecule has 0 bridgehead atoms. The van der Waals surface area contributed by atoms with Crippen molar-refractivity contribution in [3.8, 4) is 0 Å². The molecule has 2 aliphatic rings. The van der Waals surface area contributed by atoms with E-state index in [2.05, 4.69) is 39.3 Å². The number of rotatable bonds is 4. The second-order valence-corrected chi connectivity index (χ2v) is 7.07. The minimum atomic E-state index is -0.116. The molecular formula is C16H25N5O. The first kappa shape index (κ1) is 15.1. The minimum Gasteiger partial charge on any atom is -0.341 e. The largest absolute Gasteiger partial charge is 0.341 e. The summed E-state index contributed by atoms with van der Waals surface area (Å²) in [6.45, 7) is 8.77. The fourth-order valence-corrected chi connectivity index (χ4v) is 2.86. The molecule has 120 valence electrons. The van der Waals surface area contributed by atoms with Gasteiger partial charge in [0, 0.05) is 24.8 Å². The molecule has 1 saturated heterocycles. The fourth-order valence-electron chi connectivity index (χ4n) is 2.86. The summed E-state index contributed by atoms with van der Waals surface area (Å²) in [5, 5.41) is 5.89. The van der Waals surface area contributed by atoms with Crippen molar-refractivity contribution >= 4 is 12.0 Å². The van der Waals surface area contributed by atoms with Gasteiger partial charge in [-0.15, -0.1) is 0 Å². The molecule has 1 atom stereocenters. The number of nitrogens with zero attached hydrogens (tertiary/aromatic N) is 3. The van der Waals surface area contributed by atoms with Crippen molar-refractivity contribution in [2.45, 2.75) is 52.6 Å². The van der Waals surface area contributed by atoms with Gasteiger partial charge in [0.15, 0.2) is 0 Å². The lowest BCUT2D eigenvalue weighted by Gasteiger charge is -2.16. The number of amides is 2. The van der Waals surface area contributed by atoms with E-state index in [-0.39, 0.29) is 11.4 Å². The van der Waals surface area contributed by atoms with Crippen LogP contribution in [0.4, 0.5) is 10.7 Å². The second kappa shape index (κ2) is 5.74. The lowest BCUT2D eigenvalue weighted by Crippen LogP contribution is -2.38. The van der Waals surface area contributed by atoms with Crippen LogP contribution in [0.3, 0.4) is 0 Å². The Labute approximate surface area is 131 Å². The van der Waals surface area contributed by atoms with Gasteiger partial charge in [-0.25, -0.2) is 14.8 Å². The second-order valence-electron chi connectivity index (χ2n) is 7.07. The zero-order valence-corrected chi connectivity index (χ0v) is 13.6. The van der Waals surface area contributed by atoms with Crippen LogP contribution in [0.2, 0.25) is 0 Å². The molecule has 1 saturated carbocycles. The standard InChI is InChI=1S/C16H25N5O/c1-11-8-12(19-14(18-11)21-6-4-5-7-21)10-17-15(22)20-13-9-16(13,2)3/h8,13H,4-7,9-10H2,1-3H3,(H2,17,20,22)/t13-/m0/s1. The van der Waals surface area contributed by atoms with E-state index in [0.717, 1.165) is 36.8 Å². The Hall–Kier alpha value is -1.85. The third-order valence-electron chi connectivity index (χ3n) is 4.53. The Kier molecular flexibility index (Phi) is 3.93. The molecule has 1 aromatic heterocycles. The summed E-state index contributed by atoms with van der Waals surface area (Å²) in [6.07, 6.45) is 3.45. The van der Waals surface area contributed by atoms with E-state index in [1.165, 1.54) is 12.8 Å². The van der Waals surface area contributed by atoms with Crippen LogP contribution in [-0.4, -0.2) is 35.1 Å². The van der Waals surface area contributed by atoms with Crippen LogP contribution in [0.5, 0.6) is 0 Å². The van der Waals surface area contributed by atoms with Crippen LogP contribution in [0.15, 0.2) is 6.07 Å². The van der Waals surface area contributed by atoms with Gasteiger partial charge in [0.2, 0.25) is 5.95 Å². The number of urea groups is 1. The summed E-state index contributed by atoms with van der Waals surface area (Å²) < 4.78 is 0. The minimum absolute atomic E-state index is 0.116. The number of anilines is 1. The van der Waals surface area contributed by atoms with Gasteiger partial charge in [-0.05, 0) is 37.7 Å². The Bertz CT molecular complexity index is 566. The molecule has 2 fully saturated rings. The highest BCUT2D eigenvalue weighted by Gasteiger charge is 2.46. The van der Waals surface area contributed by atoms with E-state index >= 15 is 0 Å². The molecule has 1 aromatic rings. The van der Waals surface area contributed by atoms with Crippen molar-refractivity contribution in [3.63, 3.8) is 0 Å². The first-order chi connectivity index (χ1) is 10.4. The summed E-state index contributed by atoms with van der Waals surface area (Å²) in [5.74, 6) is 0.790. The van der Waals surface area contributed by atoms with Crippen LogP contribution in [0.25, 0.3) is 0 Å². The number of aromatic nitrogens is 2. The summed E-state index contributed by atoms with van der Waals surface area (Å²) in [5.41, 5.74) is 2.04. The average molecular weight is 303 g/mol. The van der Waals surface area contributed by atoms with E-state index in [4.69, 9.17) is 0 Å². The first-order valence-electron chi connectivity index (χ1n) is 8.08. The predicted octanol–water partition coefficient (Wildman–Crippen LogP) is 1.98. The number of carbonyl (C=O) groups excluding carboxylic acids is 1. The van der Waals surface area contributed by atoms with E-state index in [1.807, 2.05) is 13.0 Å². The first-order valence-corrected chi connectivity index (χ1v) is 8.08. The maximum absolute atomic E-state index is 11.9. The smallest absolute Gasteiger partial charge is 0.315 e. The van der Waals surface area contributed by atoms with E-state index in [0.29, 0.717) is 12.6 Å². The van der Waals surface area contributed by atoms with Crippen molar-refractivity contribution in [1.82, 2.24) is 20.6 Å². The summed E-state index contributed by atoms with van der Waals surface area (Å²) in [4.78, 5) is 23.2. The van der Waals surface area contributed by atoms with Gasteiger partial charge in [0.25, 0.3) is 0 Å². The maximum Gasteiger partial charge on any atom is 0.315 e. The van der Waals surface area contributed by atoms with Gasteiger partial charge in [-0.3, -0.25) is 0 Å². The van der Waals surface area contributed by atoms with E-state index in [9.17, 15) is 4.79 Å². The van der Waals surface area contributed by atoms with Crippen LogP contribution in [0.1, 0.15) is 44.5 Å². The lowest BCUT2D eigenvalue weighted by atomic mass is 10.2. The number of nitrogens with one attached hydrogen (secondary N) is 2. The molecule has 0 radical (unpaired) electrons. The topological polar surface area (TPSA) is 70.2 Å². The third kappa shape index (κ3) is 3.48. The molecule has 2 N–H and O–H groups in total. The van der Waals surface area contributed by atoms with Crippen molar-refractivity contribution < 1.29 is 4.79 Å². The van der Waals surface area contributed by atoms with Crippen LogP contribution in [-0.2, 0) is 6.54 Å². The van der Waals surface area contributed by atoms with Crippen molar-refractivity contribution in [3.05, 3.63) is 17.5 Å². The molecule has 0 unspecified atom stereocenters. The molecule has 0 spiro atoms. The monoisotopic (exact) mass is 303 g/mol. The molecule has 1 aliphatic carbocycles. The van der Waals surface area contributed by atoms with Gasteiger partial charge < -0.3 is 15.5 Å². The number of carbonyl (C=O) groups is 1. The summed E-state index contributed by atoms with van der Waals surface area (Å²) in [6, 6.07) is 2.11. The van der Waals surface area contributed by atoms with Crippen LogP contribution in [0, 0.1) is 12.3 Å². The molecule has 3 rings (SSSR count). The Balaban J connectivity index is 1.56. The molecule has 6 heteroatoms. The normalized spacial score (nSPS) is 22.5. The van der Waals surface area contributed by atoms with Gasteiger partial charge in [-0.1, -0.05) is 13.8 Å². The quantitative estimate of drug-likeness (QED) is 0.892. The Morgan fingerprint density at radius 3 is 2.68 bits per heavy atom. The highest BCUT2D eigenvalue weighted by molar-refractivity contribution is 5.74. The molecule has 2 heterocycles. The number of hydrogen-bond donors (Lipinski definition) is 2. The van der Waals surface area contributed by atoms with Gasteiger partial charge in [0.05, 0.1) is 12.2 Å². The fraction of sp³-hybridized carbons (Fsp3) is 0.688. The molecule has 1 aliphatic heterocycles. The molecule has 6 nitrogen and oxygen atoms in total. The zero-order chi connectivity index (χ0) is 15.7. The van der Waals surface area contributed by atoms with Gasteiger partial charge >= 0.3 is 6.03 Å². The Morgan fingerprint density at radius 2 is 2.05 bits per heavy atom. The third-order valence-corrected chi connectivity index (χ3v) is 4.53. The van der Waals surface area contributed by atoms with E-state index in [1.54, 1.807) is 0 Å². The van der Waals surface area contributed by atoms with Crippen LogP contribution >= 0.6 is 0 Å². The summed E-state index contributed by atoms with van der Waals surface area (Å²) >= 11 is 0. The maximum atomic E-state index is 11.9. The van der Waals surface area contributed by atoms with Gasteiger partial charge in [-0.2, -0.15) is 0 Å². The highest BCUT2D eigenvalue weighted by atomic mass is 16.2. The Morgan fingerprint density at radius 1 is 1.36 bits per heavy atom. The van der Waals surface area contributed by atoms with Crippen molar-refractivity contribution in [2.24, 2.45) is 5.41 Å². The van der Waals surface area contributed by atoms with E-state index < -0.39 is 0 Å². The molecule has 2 amide bonds. The predicted molar refractivity (Wildman–Crippen MR) is 85.8 cm³/mol. The average Bonchev–Trinajstić information content (AvgIpc) is 2.89. The lowest BCUT2D eigenvalue weighted by molar-refractivity contribution is 0.238. The van der Waals surface area contributed by atoms with Crippen molar-refractivity contribution in [2.75, 3.05) is 18.0 Å². The SMILES string of the molecule is Cc1cc(CNC(=O)N[C@H]2CC2(C)C)nc(N2CCCC2)n1. The van der Waals surface area contributed by atoms with Gasteiger partial charge in [0.1, 0.15) is 0 Å². The molecular weight excluding hydrogens is 278 g/mol. The zero-order valence-electron chi connectivity index (χ0n) is 13.6. The molecule has 0 aromatic carbocycles. The number of hydrogen-bond acceptors (Lipinski definition) is 4.